The Hall–Kier alpha value is -3.15. The number of hydrogen-bond donors (Lipinski definition) is 2. The molecule has 2 aromatic rings. The number of rotatable bonds is 9. The maximum atomic E-state index is 12.5. The van der Waals surface area contributed by atoms with Gasteiger partial charge in [-0.25, -0.2) is 4.79 Å². The molecule has 2 amide bonds. The Bertz CT molecular complexity index is 866. The van der Waals surface area contributed by atoms with E-state index in [0.717, 1.165) is 12.8 Å². The number of carbonyl (C=O) groups is 3. The Morgan fingerprint density at radius 3 is 2.41 bits per heavy atom. The molecule has 1 aliphatic rings. The van der Waals surface area contributed by atoms with Crippen molar-refractivity contribution in [2.24, 2.45) is 11.8 Å². The quantitative estimate of drug-likeness (QED) is 0.505. The number of nitrogens with one attached hydrogen (secondary N) is 2. The maximum Gasteiger partial charge on any atom is 0.340 e. The highest BCUT2D eigenvalue weighted by molar-refractivity contribution is 6.04. The Kier molecular flexibility index (Phi) is 7.00. The van der Waals surface area contributed by atoms with Crippen LogP contribution in [0.2, 0.25) is 0 Å². The molecule has 2 atom stereocenters. The van der Waals surface area contributed by atoms with E-state index in [-0.39, 0.29) is 30.3 Å². The molecule has 29 heavy (non-hydrogen) atoms. The fraction of sp³-hybridized carbons (Fsp3) is 0.348. The molecule has 1 aliphatic carbocycles. The summed E-state index contributed by atoms with van der Waals surface area (Å²) in [5.74, 6) is -1.48. The molecule has 1 fully saturated rings. The zero-order chi connectivity index (χ0) is 20.6. The summed E-state index contributed by atoms with van der Waals surface area (Å²) >= 11 is 0. The molecule has 2 aromatic carbocycles. The summed E-state index contributed by atoms with van der Waals surface area (Å²) in [5, 5.41) is 5.68. The molecule has 0 bridgehead atoms. The van der Waals surface area contributed by atoms with Crippen molar-refractivity contribution in [2.45, 2.75) is 26.2 Å². The topological polar surface area (TPSA) is 84.5 Å². The molecule has 6 nitrogen and oxygen atoms in total. The first-order chi connectivity index (χ1) is 14.1. The van der Waals surface area contributed by atoms with Crippen molar-refractivity contribution in [1.29, 1.82) is 0 Å². The van der Waals surface area contributed by atoms with Crippen LogP contribution in [0.4, 0.5) is 5.69 Å². The average Bonchev–Trinajstić information content (AvgIpc) is 3.54. The monoisotopic (exact) mass is 394 g/mol. The number of benzene rings is 2. The van der Waals surface area contributed by atoms with E-state index in [0.29, 0.717) is 24.2 Å². The van der Waals surface area contributed by atoms with Crippen LogP contribution in [0.1, 0.15) is 35.7 Å². The first-order valence-electron chi connectivity index (χ1n) is 9.98. The number of carbonyl (C=O) groups excluding carboxylic acids is 3. The first-order valence-corrected chi connectivity index (χ1v) is 9.98. The number of aryl methyl sites for hydroxylation is 1. The third kappa shape index (κ3) is 5.67. The average molecular weight is 394 g/mol. The number of ether oxygens (including phenoxy) is 1. The second-order valence-corrected chi connectivity index (χ2v) is 7.08. The normalized spacial score (nSPS) is 17.3. The van der Waals surface area contributed by atoms with Gasteiger partial charge in [-0.05, 0) is 43.9 Å². The summed E-state index contributed by atoms with van der Waals surface area (Å²) in [7, 11) is 0. The van der Waals surface area contributed by atoms with Crippen molar-refractivity contribution in [3.8, 4) is 0 Å². The molecule has 152 valence electrons. The van der Waals surface area contributed by atoms with E-state index in [1.165, 1.54) is 5.56 Å². The van der Waals surface area contributed by atoms with Gasteiger partial charge in [0, 0.05) is 6.54 Å². The third-order valence-electron chi connectivity index (χ3n) is 4.93. The Balaban J connectivity index is 1.44. The van der Waals surface area contributed by atoms with Crippen LogP contribution in [0.5, 0.6) is 0 Å². The van der Waals surface area contributed by atoms with Crippen LogP contribution >= 0.6 is 0 Å². The van der Waals surface area contributed by atoms with E-state index >= 15 is 0 Å². The van der Waals surface area contributed by atoms with Crippen LogP contribution in [0, 0.1) is 11.8 Å². The van der Waals surface area contributed by atoms with Crippen molar-refractivity contribution in [3.63, 3.8) is 0 Å². The fourth-order valence-corrected chi connectivity index (χ4v) is 3.26. The Morgan fingerprint density at radius 2 is 1.66 bits per heavy atom. The standard InChI is InChI=1S/C23H26N2O4/c1-2-29-23(28)17-12-6-7-13-20(17)25-22(27)19-15-18(19)21(26)24-14-8-11-16-9-4-3-5-10-16/h3-7,9-10,12-13,18-19H,2,8,11,14-15H2,1H3,(H,24,26)(H,25,27). The Labute approximate surface area is 170 Å². The highest BCUT2D eigenvalue weighted by atomic mass is 16.5. The molecule has 6 heteroatoms. The molecule has 3 rings (SSSR count). The van der Waals surface area contributed by atoms with Gasteiger partial charge < -0.3 is 15.4 Å². The lowest BCUT2D eigenvalue weighted by Gasteiger charge is -2.10. The van der Waals surface area contributed by atoms with Gasteiger partial charge in [-0.15, -0.1) is 0 Å². The highest BCUT2D eigenvalue weighted by Gasteiger charge is 2.48. The molecule has 0 heterocycles. The summed E-state index contributed by atoms with van der Waals surface area (Å²) in [5.41, 5.74) is 1.96. The van der Waals surface area contributed by atoms with E-state index in [4.69, 9.17) is 4.74 Å². The van der Waals surface area contributed by atoms with Crippen LogP contribution in [-0.2, 0) is 20.7 Å². The van der Waals surface area contributed by atoms with E-state index in [2.05, 4.69) is 22.8 Å². The molecule has 1 saturated carbocycles. The van der Waals surface area contributed by atoms with Gasteiger partial charge in [0.1, 0.15) is 0 Å². The predicted octanol–water partition coefficient (Wildman–Crippen LogP) is 3.19. The van der Waals surface area contributed by atoms with Gasteiger partial charge >= 0.3 is 5.97 Å². The largest absolute Gasteiger partial charge is 0.462 e. The smallest absolute Gasteiger partial charge is 0.340 e. The minimum absolute atomic E-state index is 0.0862. The van der Waals surface area contributed by atoms with E-state index in [1.54, 1.807) is 31.2 Å². The lowest BCUT2D eigenvalue weighted by Crippen LogP contribution is -2.28. The van der Waals surface area contributed by atoms with Gasteiger partial charge in [0.15, 0.2) is 0 Å². The fourth-order valence-electron chi connectivity index (χ4n) is 3.26. The number of para-hydroxylation sites is 1. The van der Waals surface area contributed by atoms with Crippen LogP contribution in [0.25, 0.3) is 0 Å². The van der Waals surface area contributed by atoms with Gasteiger partial charge in [-0.1, -0.05) is 42.5 Å². The van der Waals surface area contributed by atoms with Crippen LogP contribution in [0.3, 0.4) is 0 Å². The van der Waals surface area contributed by atoms with Gasteiger partial charge in [0.2, 0.25) is 11.8 Å². The molecule has 0 spiro atoms. The van der Waals surface area contributed by atoms with Crippen LogP contribution in [-0.4, -0.2) is 30.9 Å². The first kappa shape index (κ1) is 20.6. The van der Waals surface area contributed by atoms with E-state index in [1.807, 2.05) is 18.2 Å². The van der Waals surface area contributed by atoms with Crippen molar-refractivity contribution in [1.82, 2.24) is 5.32 Å². The third-order valence-corrected chi connectivity index (χ3v) is 4.93. The van der Waals surface area contributed by atoms with Crippen molar-refractivity contribution in [3.05, 3.63) is 65.7 Å². The summed E-state index contributed by atoms with van der Waals surface area (Å²) in [6.07, 6.45) is 2.28. The summed E-state index contributed by atoms with van der Waals surface area (Å²) in [6, 6.07) is 16.8. The number of hydrogen-bond acceptors (Lipinski definition) is 4. The predicted molar refractivity (Wildman–Crippen MR) is 110 cm³/mol. The lowest BCUT2D eigenvalue weighted by molar-refractivity contribution is -0.125. The van der Waals surface area contributed by atoms with E-state index in [9.17, 15) is 14.4 Å². The highest BCUT2D eigenvalue weighted by Crippen LogP contribution is 2.39. The van der Waals surface area contributed by atoms with Crippen LogP contribution < -0.4 is 10.6 Å². The summed E-state index contributed by atoms with van der Waals surface area (Å²) in [4.78, 5) is 36.8. The number of esters is 1. The SMILES string of the molecule is CCOC(=O)c1ccccc1NC(=O)C1CC1C(=O)NCCCc1ccccc1. The van der Waals surface area contributed by atoms with Crippen LogP contribution in [0.15, 0.2) is 54.6 Å². The molecule has 0 radical (unpaired) electrons. The summed E-state index contributed by atoms with van der Waals surface area (Å²) < 4.78 is 5.02. The molecule has 2 unspecified atom stereocenters. The zero-order valence-corrected chi connectivity index (χ0v) is 16.5. The maximum absolute atomic E-state index is 12.5. The number of amides is 2. The molecular formula is C23H26N2O4. The molecular weight excluding hydrogens is 368 g/mol. The van der Waals surface area contributed by atoms with Gasteiger partial charge in [-0.2, -0.15) is 0 Å². The second kappa shape index (κ2) is 9.87. The Morgan fingerprint density at radius 1 is 0.966 bits per heavy atom. The summed E-state index contributed by atoms with van der Waals surface area (Å²) in [6.45, 7) is 2.58. The lowest BCUT2D eigenvalue weighted by atomic mass is 10.1. The van der Waals surface area contributed by atoms with Crippen molar-refractivity contribution < 1.29 is 19.1 Å². The van der Waals surface area contributed by atoms with Gasteiger partial charge in [0.25, 0.3) is 0 Å². The van der Waals surface area contributed by atoms with Crippen molar-refractivity contribution >= 4 is 23.5 Å². The second-order valence-electron chi connectivity index (χ2n) is 7.08. The molecule has 2 N–H and O–H groups in total. The zero-order valence-electron chi connectivity index (χ0n) is 16.5. The number of anilines is 1. The van der Waals surface area contributed by atoms with Gasteiger partial charge in [0.05, 0.1) is 29.7 Å². The van der Waals surface area contributed by atoms with Crippen molar-refractivity contribution in [2.75, 3.05) is 18.5 Å². The molecule has 0 aliphatic heterocycles. The molecule has 0 aromatic heterocycles. The van der Waals surface area contributed by atoms with E-state index < -0.39 is 5.97 Å². The minimum Gasteiger partial charge on any atom is -0.462 e. The van der Waals surface area contributed by atoms with Gasteiger partial charge in [-0.3, -0.25) is 9.59 Å². The molecule has 0 saturated heterocycles. The minimum atomic E-state index is -0.480.